The van der Waals surface area contributed by atoms with E-state index in [1.165, 1.54) is 0 Å². The van der Waals surface area contributed by atoms with E-state index in [-0.39, 0.29) is 23.9 Å². The molecule has 156 valence electrons. The Morgan fingerprint density at radius 1 is 1.24 bits per heavy atom. The Labute approximate surface area is 171 Å². The zero-order valence-corrected chi connectivity index (χ0v) is 17.2. The minimum atomic E-state index is -0.181. The van der Waals surface area contributed by atoms with Crippen molar-refractivity contribution in [3.05, 3.63) is 42.0 Å². The Hall–Kier alpha value is -2.77. The van der Waals surface area contributed by atoms with Crippen molar-refractivity contribution < 1.29 is 9.59 Å². The third kappa shape index (κ3) is 6.37. The number of rotatable bonds is 8. The molecule has 2 amide bonds. The molecule has 0 aromatic carbocycles. The lowest BCUT2D eigenvalue weighted by Crippen LogP contribution is -2.38. The predicted octanol–water partition coefficient (Wildman–Crippen LogP) is 2.29. The molecular formula is C21H30N6O2. The fraction of sp³-hybridized carbons (Fsp3) is 0.571. The maximum Gasteiger partial charge on any atom is 0.273 e. The van der Waals surface area contributed by atoms with Gasteiger partial charge < -0.3 is 10.6 Å². The van der Waals surface area contributed by atoms with E-state index in [0.717, 1.165) is 31.2 Å². The number of carbonyl (C=O) groups excluding carboxylic acids is 2. The molecule has 0 saturated heterocycles. The number of aryl methyl sites for hydroxylation is 1. The first-order chi connectivity index (χ1) is 14.0. The molecular weight excluding hydrogens is 368 g/mol. The van der Waals surface area contributed by atoms with Crippen LogP contribution in [0.3, 0.4) is 0 Å². The van der Waals surface area contributed by atoms with E-state index >= 15 is 0 Å². The van der Waals surface area contributed by atoms with Gasteiger partial charge in [0, 0.05) is 31.4 Å². The summed E-state index contributed by atoms with van der Waals surface area (Å²) in [5.74, 6) is 0.297. The summed E-state index contributed by atoms with van der Waals surface area (Å²) >= 11 is 0. The third-order valence-corrected chi connectivity index (χ3v) is 5.21. The number of pyridine rings is 1. The van der Waals surface area contributed by atoms with Crippen LogP contribution in [0.15, 0.2) is 30.7 Å². The van der Waals surface area contributed by atoms with Gasteiger partial charge in [-0.05, 0) is 49.7 Å². The van der Waals surface area contributed by atoms with E-state index in [2.05, 4.69) is 25.9 Å². The summed E-state index contributed by atoms with van der Waals surface area (Å²) in [7, 11) is 0. The van der Waals surface area contributed by atoms with Gasteiger partial charge in [-0.25, -0.2) is 4.68 Å². The van der Waals surface area contributed by atoms with Crippen molar-refractivity contribution in [2.75, 3.05) is 6.54 Å². The molecule has 2 aromatic rings. The second kappa shape index (κ2) is 10.1. The summed E-state index contributed by atoms with van der Waals surface area (Å²) in [6.45, 7) is 4.72. The number of carbonyl (C=O) groups is 2. The molecule has 1 saturated carbocycles. The second-order valence-corrected chi connectivity index (χ2v) is 8.12. The van der Waals surface area contributed by atoms with Crippen LogP contribution in [0.2, 0.25) is 0 Å². The van der Waals surface area contributed by atoms with Crippen molar-refractivity contribution in [3.8, 4) is 0 Å². The summed E-state index contributed by atoms with van der Waals surface area (Å²) in [5, 5.41) is 14.2. The third-order valence-electron chi connectivity index (χ3n) is 5.21. The van der Waals surface area contributed by atoms with Gasteiger partial charge in [0.2, 0.25) is 5.91 Å². The lowest BCUT2D eigenvalue weighted by Gasteiger charge is -2.29. The van der Waals surface area contributed by atoms with Crippen molar-refractivity contribution in [1.29, 1.82) is 0 Å². The number of amides is 2. The minimum absolute atomic E-state index is 0.0853. The standard InChI is InChI=1S/C21H30N6O2/c1-15(2)12-23-21(29)19-14-27(26-25-19)18-8-6-17(7-9-18)24-20(28)10-5-16-4-3-11-22-13-16/h3-4,11,13-15,17-18H,5-10,12H2,1-2H3,(H,23,29)(H,24,28). The number of hydrogen-bond acceptors (Lipinski definition) is 5. The first-order valence-electron chi connectivity index (χ1n) is 10.4. The van der Waals surface area contributed by atoms with Crippen LogP contribution in [-0.2, 0) is 11.2 Å². The molecule has 2 heterocycles. The average molecular weight is 399 g/mol. The Kier molecular flexibility index (Phi) is 7.32. The van der Waals surface area contributed by atoms with Gasteiger partial charge in [0.25, 0.3) is 5.91 Å². The zero-order valence-electron chi connectivity index (χ0n) is 17.2. The molecule has 0 atom stereocenters. The SMILES string of the molecule is CC(C)CNC(=O)c1cn(C2CCC(NC(=O)CCc3cccnc3)CC2)nn1. The van der Waals surface area contributed by atoms with Crippen molar-refractivity contribution in [2.45, 2.75) is 64.5 Å². The monoisotopic (exact) mass is 398 g/mol. The molecule has 0 spiro atoms. The van der Waals surface area contributed by atoms with Crippen LogP contribution >= 0.6 is 0 Å². The van der Waals surface area contributed by atoms with E-state index in [1.807, 2.05) is 26.0 Å². The molecule has 2 aromatic heterocycles. The summed E-state index contributed by atoms with van der Waals surface area (Å²) < 4.78 is 1.80. The molecule has 1 fully saturated rings. The molecule has 8 nitrogen and oxygen atoms in total. The van der Waals surface area contributed by atoms with E-state index < -0.39 is 0 Å². The normalized spacial score (nSPS) is 19.1. The van der Waals surface area contributed by atoms with Gasteiger partial charge in [-0.3, -0.25) is 14.6 Å². The van der Waals surface area contributed by atoms with Crippen molar-refractivity contribution >= 4 is 11.8 Å². The van der Waals surface area contributed by atoms with Crippen LogP contribution in [0.1, 0.15) is 68.0 Å². The lowest BCUT2D eigenvalue weighted by molar-refractivity contribution is -0.122. The Bertz CT molecular complexity index is 797. The highest BCUT2D eigenvalue weighted by molar-refractivity contribution is 5.91. The fourth-order valence-electron chi connectivity index (χ4n) is 3.54. The van der Waals surface area contributed by atoms with Gasteiger partial charge >= 0.3 is 0 Å². The quantitative estimate of drug-likeness (QED) is 0.710. The molecule has 0 aliphatic heterocycles. The van der Waals surface area contributed by atoms with Crippen LogP contribution in [0.25, 0.3) is 0 Å². The van der Waals surface area contributed by atoms with Crippen LogP contribution in [0.5, 0.6) is 0 Å². The largest absolute Gasteiger partial charge is 0.353 e. The van der Waals surface area contributed by atoms with Gasteiger partial charge in [0.05, 0.1) is 12.2 Å². The van der Waals surface area contributed by atoms with Crippen molar-refractivity contribution in [1.82, 2.24) is 30.6 Å². The molecule has 29 heavy (non-hydrogen) atoms. The molecule has 3 rings (SSSR count). The second-order valence-electron chi connectivity index (χ2n) is 8.12. The topological polar surface area (TPSA) is 102 Å². The number of nitrogens with one attached hydrogen (secondary N) is 2. The van der Waals surface area contributed by atoms with E-state index in [9.17, 15) is 9.59 Å². The Morgan fingerprint density at radius 2 is 2.03 bits per heavy atom. The van der Waals surface area contributed by atoms with E-state index in [0.29, 0.717) is 31.0 Å². The molecule has 0 unspecified atom stereocenters. The summed E-state index contributed by atoms with van der Waals surface area (Å²) in [6, 6.07) is 4.29. The highest BCUT2D eigenvalue weighted by Crippen LogP contribution is 2.28. The van der Waals surface area contributed by atoms with Crippen molar-refractivity contribution in [2.24, 2.45) is 5.92 Å². The molecule has 2 N–H and O–H groups in total. The minimum Gasteiger partial charge on any atom is -0.353 e. The summed E-state index contributed by atoms with van der Waals surface area (Å²) in [6.07, 6.45) is 10.1. The van der Waals surface area contributed by atoms with Gasteiger partial charge in [0.1, 0.15) is 0 Å². The lowest BCUT2D eigenvalue weighted by atomic mass is 9.91. The van der Waals surface area contributed by atoms with Crippen LogP contribution in [0, 0.1) is 5.92 Å². The molecule has 0 bridgehead atoms. The summed E-state index contributed by atoms with van der Waals surface area (Å²) in [4.78, 5) is 28.4. The van der Waals surface area contributed by atoms with Gasteiger partial charge in [-0.15, -0.1) is 5.10 Å². The molecule has 1 aliphatic carbocycles. The van der Waals surface area contributed by atoms with Gasteiger partial charge in [0.15, 0.2) is 5.69 Å². The maximum atomic E-state index is 12.2. The van der Waals surface area contributed by atoms with Crippen LogP contribution in [-0.4, -0.2) is 44.4 Å². The highest BCUT2D eigenvalue weighted by Gasteiger charge is 2.25. The number of aromatic nitrogens is 4. The van der Waals surface area contributed by atoms with Gasteiger partial charge in [-0.2, -0.15) is 0 Å². The van der Waals surface area contributed by atoms with Gasteiger partial charge in [-0.1, -0.05) is 25.1 Å². The number of nitrogens with zero attached hydrogens (tertiary/aromatic N) is 4. The Balaban J connectivity index is 1.41. The zero-order chi connectivity index (χ0) is 20.6. The molecule has 1 aliphatic rings. The van der Waals surface area contributed by atoms with E-state index in [4.69, 9.17) is 0 Å². The average Bonchev–Trinajstić information content (AvgIpc) is 3.22. The molecule has 8 heteroatoms. The van der Waals surface area contributed by atoms with Crippen LogP contribution < -0.4 is 10.6 Å². The first-order valence-corrected chi connectivity index (χ1v) is 10.4. The van der Waals surface area contributed by atoms with Crippen LogP contribution in [0.4, 0.5) is 0 Å². The first kappa shape index (κ1) is 21.0. The van der Waals surface area contributed by atoms with Crippen molar-refractivity contribution in [3.63, 3.8) is 0 Å². The maximum absolute atomic E-state index is 12.2. The summed E-state index contributed by atoms with van der Waals surface area (Å²) in [5.41, 5.74) is 1.43. The smallest absolute Gasteiger partial charge is 0.273 e. The fourth-order valence-corrected chi connectivity index (χ4v) is 3.54. The molecule has 0 radical (unpaired) electrons. The highest BCUT2D eigenvalue weighted by atomic mass is 16.2. The number of hydrogen-bond donors (Lipinski definition) is 2. The predicted molar refractivity (Wildman–Crippen MR) is 109 cm³/mol. The van der Waals surface area contributed by atoms with E-state index in [1.54, 1.807) is 23.3 Å². The Morgan fingerprint density at radius 3 is 2.72 bits per heavy atom.